The Morgan fingerprint density at radius 3 is 2.76 bits per heavy atom. The van der Waals surface area contributed by atoms with Crippen LogP contribution < -0.4 is 10.0 Å². The van der Waals surface area contributed by atoms with Crippen LogP contribution in [0.2, 0.25) is 0 Å². The van der Waals surface area contributed by atoms with Crippen molar-refractivity contribution in [3.05, 3.63) is 0 Å². The minimum atomic E-state index is -3.21. The van der Waals surface area contributed by atoms with Gasteiger partial charge in [-0.2, -0.15) is 0 Å². The quantitative estimate of drug-likeness (QED) is 0.695. The summed E-state index contributed by atoms with van der Waals surface area (Å²) in [5, 5.41) is 2.47. The van der Waals surface area contributed by atoms with Gasteiger partial charge in [0.05, 0.1) is 11.4 Å². The molecule has 0 amide bonds. The molecule has 0 bridgehead atoms. The highest BCUT2D eigenvalue weighted by atomic mass is 32.2. The van der Waals surface area contributed by atoms with Crippen LogP contribution in [-0.2, 0) is 14.8 Å². The predicted octanol–water partition coefficient (Wildman–Crippen LogP) is 0.329. The Balaban J connectivity index is 2.44. The van der Waals surface area contributed by atoms with Gasteiger partial charge in [-0.25, -0.2) is 13.1 Å². The van der Waals surface area contributed by atoms with Gasteiger partial charge in [0.2, 0.25) is 10.0 Å². The summed E-state index contributed by atoms with van der Waals surface area (Å²) in [4.78, 5) is 0. The minimum Gasteiger partial charge on any atom is -0.378 e. The van der Waals surface area contributed by atoms with Crippen molar-refractivity contribution in [2.24, 2.45) is 5.92 Å². The smallest absolute Gasteiger partial charge is 0.215 e. The summed E-state index contributed by atoms with van der Waals surface area (Å²) in [7, 11) is -1.46. The third-order valence-electron chi connectivity index (χ3n) is 3.32. The number of nitrogens with one attached hydrogen (secondary N) is 2. The highest BCUT2D eigenvalue weighted by Crippen LogP contribution is 2.22. The molecule has 0 aromatic rings. The molecule has 102 valence electrons. The van der Waals surface area contributed by atoms with Gasteiger partial charge in [-0.05, 0) is 26.8 Å². The highest BCUT2D eigenvalue weighted by molar-refractivity contribution is 7.90. The average Bonchev–Trinajstić information content (AvgIpc) is 2.74. The molecule has 17 heavy (non-hydrogen) atoms. The van der Waals surface area contributed by atoms with Crippen molar-refractivity contribution in [3.8, 4) is 0 Å². The second-order valence-electron chi connectivity index (χ2n) is 4.63. The summed E-state index contributed by atoms with van der Waals surface area (Å²) in [6, 6.07) is 0. The molecule has 5 nitrogen and oxygen atoms in total. The Morgan fingerprint density at radius 1 is 1.47 bits per heavy atom. The number of hydrogen-bond donors (Lipinski definition) is 2. The molecular formula is C11H24N2O3S. The van der Waals surface area contributed by atoms with E-state index in [1.165, 1.54) is 0 Å². The lowest BCUT2D eigenvalue weighted by Crippen LogP contribution is -2.41. The maximum absolute atomic E-state index is 11.9. The van der Waals surface area contributed by atoms with Crippen molar-refractivity contribution in [2.45, 2.75) is 38.0 Å². The second kappa shape index (κ2) is 6.68. The summed E-state index contributed by atoms with van der Waals surface area (Å²) < 4.78 is 32.0. The summed E-state index contributed by atoms with van der Waals surface area (Å²) in [5.74, 6) is 0.316. The molecule has 1 rings (SSSR count). The van der Waals surface area contributed by atoms with Crippen LogP contribution in [0.5, 0.6) is 0 Å². The van der Waals surface area contributed by atoms with E-state index in [0.29, 0.717) is 19.0 Å². The molecule has 1 fully saturated rings. The summed E-state index contributed by atoms with van der Waals surface area (Å²) in [5.41, 5.74) is 0. The normalized spacial score (nSPS) is 27.2. The van der Waals surface area contributed by atoms with Gasteiger partial charge in [0.15, 0.2) is 0 Å². The van der Waals surface area contributed by atoms with Gasteiger partial charge in [0, 0.05) is 25.6 Å². The SMILES string of the molecule is CCC1OCCC1CNS(=O)(=O)C(C)CNC. The second-order valence-corrected chi connectivity index (χ2v) is 6.81. The Kier molecular flexibility index (Phi) is 5.85. The van der Waals surface area contributed by atoms with E-state index in [1.807, 2.05) is 0 Å². The van der Waals surface area contributed by atoms with E-state index in [0.717, 1.165) is 19.4 Å². The topological polar surface area (TPSA) is 67.4 Å². The zero-order valence-corrected chi connectivity index (χ0v) is 11.7. The molecule has 0 spiro atoms. The average molecular weight is 264 g/mol. The van der Waals surface area contributed by atoms with Crippen LogP contribution in [0.1, 0.15) is 26.7 Å². The van der Waals surface area contributed by atoms with Crippen LogP contribution in [0, 0.1) is 5.92 Å². The monoisotopic (exact) mass is 264 g/mol. The molecular weight excluding hydrogens is 240 g/mol. The van der Waals surface area contributed by atoms with E-state index in [4.69, 9.17) is 4.74 Å². The van der Waals surface area contributed by atoms with Crippen molar-refractivity contribution < 1.29 is 13.2 Å². The maximum atomic E-state index is 11.9. The molecule has 1 saturated heterocycles. The summed E-state index contributed by atoms with van der Waals surface area (Å²) >= 11 is 0. The first-order chi connectivity index (χ1) is 8.01. The molecule has 0 aliphatic carbocycles. The zero-order valence-electron chi connectivity index (χ0n) is 10.9. The third-order valence-corrected chi connectivity index (χ3v) is 5.11. The van der Waals surface area contributed by atoms with Gasteiger partial charge in [-0.15, -0.1) is 0 Å². The molecule has 0 radical (unpaired) electrons. The van der Waals surface area contributed by atoms with Crippen molar-refractivity contribution in [1.29, 1.82) is 0 Å². The van der Waals surface area contributed by atoms with E-state index in [-0.39, 0.29) is 6.10 Å². The van der Waals surface area contributed by atoms with Crippen molar-refractivity contribution in [1.82, 2.24) is 10.0 Å². The van der Waals surface area contributed by atoms with Gasteiger partial charge in [0.25, 0.3) is 0 Å². The molecule has 3 atom stereocenters. The molecule has 0 saturated carbocycles. The molecule has 0 aromatic carbocycles. The number of ether oxygens (including phenoxy) is 1. The summed E-state index contributed by atoms with van der Waals surface area (Å²) in [6.45, 7) is 5.49. The zero-order chi connectivity index (χ0) is 12.9. The summed E-state index contributed by atoms with van der Waals surface area (Å²) in [6.07, 6.45) is 2.09. The minimum absolute atomic E-state index is 0.206. The first-order valence-corrected chi connectivity index (χ1v) is 7.80. The number of hydrogen-bond acceptors (Lipinski definition) is 4. The van der Waals surface area contributed by atoms with Crippen LogP contribution in [0.25, 0.3) is 0 Å². The van der Waals surface area contributed by atoms with Gasteiger partial charge < -0.3 is 10.1 Å². The lowest BCUT2D eigenvalue weighted by molar-refractivity contribution is 0.0884. The molecule has 1 heterocycles. The van der Waals surface area contributed by atoms with E-state index in [2.05, 4.69) is 17.0 Å². The van der Waals surface area contributed by atoms with Crippen LogP contribution in [0.15, 0.2) is 0 Å². The fourth-order valence-corrected chi connectivity index (χ4v) is 3.26. The van der Waals surface area contributed by atoms with E-state index in [9.17, 15) is 8.42 Å². The number of sulfonamides is 1. The Morgan fingerprint density at radius 2 is 2.18 bits per heavy atom. The Labute approximate surface area is 104 Å². The van der Waals surface area contributed by atoms with Crippen molar-refractivity contribution >= 4 is 10.0 Å². The lowest BCUT2D eigenvalue weighted by atomic mass is 10.0. The van der Waals surface area contributed by atoms with Crippen LogP contribution in [-0.4, -0.2) is 46.5 Å². The predicted molar refractivity (Wildman–Crippen MR) is 68.4 cm³/mol. The fraction of sp³-hybridized carbons (Fsp3) is 1.00. The molecule has 3 unspecified atom stereocenters. The van der Waals surface area contributed by atoms with Gasteiger partial charge in [-0.1, -0.05) is 6.92 Å². The van der Waals surface area contributed by atoms with Crippen molar-refractivity contribution in [2.75, 3.05) is 26.7 Å². The lowest BCUT2D eigenvalue weighted by Gasteiger charge is -2.19. The molecule has 1 aliphatic heterocycles. The van der Waals surface area contributed by atoms with E-state index < -0.39 is 15.3 Å². The van der Waals surface area contributed by atoms with E-state index >= 15 is 0 Å². The van der Waals surface area contributed by atoms with Gasteiger partial charge in [-0.3, -0.25) is 0 Å². The standard InChI is InChI=1S/C11H24N2O3S/c1-4-11-10(5-6-16-11)8-13-17(14,15)9(2)7-12-3/h9-13H,4-8H2,1-3H3. The highest BCUT2D eigenvalue weighted by Gasteiger charge is 2.29. The first kappa shape index (κ1) is 14.9. The largest absolute Gasteiger partial charge is 0.378 e. The Bertz CT molecular complexity index is 319. The molecule has 6 heteroatoms. The van der Waals surface area contributed by atoms with Gasteiger partial charge >= 0.3 is 0 Å². The van der Waals surface area contributed by atoms with Crippen LogP contribution in [0.4, 0.5) is 0 Å². The number of rotatable bonds is 7. The van der Waals surface area contributed by atoms with Gasteiger partial charge in [0.1, 0.15) is 0 Å². The third kappa shape index (κ3) is 4.21. The molecule has 1 aliphatic rings. The van der Waals surface area contributed by atoms with E-state index in [1.54, 1.807) is 14.0 Å². The fourth-order valence-electron chi connectivity index (χ4n) is 2.14. The molecule has 0 aromatic heterocycles. The first-order valence-electron chi connectivity index (χ1n) is 6.26. The van der Waals surface area contributed by atoms with Crippen LogP contribution in [0.3, 0.4) is 0 Å². The maximum Gasteiger partial charge on any atom is 0.215 e. The van der Waals surface area contributed by atoms with Crippen molar-refractivity contribution in [3.63, 3.8) is 0 Å². The Hall–Kier alpha value is -0.170. The molecule has 2 N–H and O–H groups in total. The van der Waals surface area contributed by atoms with Crippen LogP contribution >= 0.6 is 0 Å².